The van der Waals surface area contributed by atoms with E-state index < -0.39 is 15.9 Å². The SMILES string of the molecule is CCOc1ccc2nc(NC(=S)NC(=O)/C=C/c3ccc(S(=O)(=O)N4CCOCC4)cc3)sc2c1. The molecule has 1 aromatic heterocycles. The van der Waals surface area contributed by atoms with E-state index in [0.717, 1.165) is 16.0 Å². The molecule has 3 aromatic rings. The lowest BCUT2D eigenvalue weighted by molar-refractivity contribution is -0.115. The molecule has 1 aliphatic heterocycles. The van der Waals surface area contributed by atoms with Gasteiger partial charge in [-0.15, -0.1) is 0 Å². The molecule has 1 saturated heterocycles. The number of rotatable bonds is 7. The van der Waals surface area contributed by atoms with E-state index in [9.17, 15) is 13.2 Å². The molecule has 2 aromatic carbocycles. The van der Waals surface area contributed by atoms with Crippen LogP contribution in [0.25, 0.3) is 16.3 Å². The van der Waals surface area contributed by atoms with E-state index in [1.165, 1.54) is 33.9 Å². The summed E-state index contributed by atoms with van der Waals surface area (Å²) < 4.78 is 38.5. The highest BCUT2D eigenvalue weighted by Crippen LogP contribution is 2.29. The van der Waals surface area contributed by atoms with Gasteiger partial charge in [-0.3, -0.25) is 10.1 Å². The van der Waals surface area contributed by atoms with Gasteiger partial charge in [0.1, 0.15) is 5.75 Å². The standard InChI is InChI=1S/C23H24N4O5S3/c1-2-32-17-6-9-19-20(15-17)34-23(24-19)26-22(33)25-21(28)10-5-16-3-7-18(8-4-16)35(29,30)27-11-13-31-14-12-27/h3-10,15H,2,11-14H2,1H3,(H2,24,25,26,28,33)/b10-5+. The summed E-state index contributed by atoms with van der Waals surface area (Å²) in [7, 11) is -3.56. The summed E-state index contributed by atoms with van der Waals surface area (Å²) in [4.78, 5) is 16.9. The van der Waals surface area contributed by atoms with Gasteiger partial charge in [-0.25, -0.2) is 13.4 Å². The maximum Gasteiger partial charge on any atom is 0.250 e. The monoisotopic (exact) mass is 532 g/mol. The Balaban J connectivity index is 1.32. The first-order chi connectivity index (χ1) is 16.8. The normalized spacial score (nSPS) is 14.8. The van der Waals surface area contributed by atoms with E-state index in [-0.39, 0.29) is 10.0 Å². The minimum absolute atomic E-state index is 0.121. The fourth-order valence-corrected chi connectivity index (χ4v) is 5.92. The molecule has 0 bridgehead atoms. The van der Waals surface area contributed by atoms with Crippen LogP contribution in [-0.2, 0) is 19.6 Å². The lowest BCUT2D eigenvalue weighted by atomic mass is 10.2. The van der Waals surface area contributed by atoms with Gasteiger partial charge < -0.3 is 14.8 Å². The number of hydrogen-bond donors (Lipinski definition) is 2. The molecule has 0 saturated carbocycles. The van der Waals surface area contributed by atoms with Crippen LogP contribution in [0.2, 0.25) is 0 Å². The molecule has 9 nitrogen and oxygen atoms in total. The minimum Gasteiger partial charge on any atom is -0.494 e. The van der Waals surface area contributed by atoms with Crippen LogP contribution in [0.4, 0.5) is 5.13 Å². The summed E-state index contributed by atoms with van der Waals surface area (Å²) in [5, 5.41) is 6.17. The molecule has 1 fully saturated rings. The highest BCUT2D eigenvalue weighted by atomic mass is 32.2. The Morgan fingerprint density at radius 2 is 1.97 bits per heavy atom. The highest BCUT2D eigenvalue weighted by Gasteiger charge is 2.25. The molecule has 2 heterocycles. The third-order valence-corrected chi connectivity index (χ3v) is 8.09. The highest BCUT2D eigenvalue weighted by molar-refractivity contribution is 7.89. The molecule has 35 heavy (non-hydrogen) atoms. The van der Waals surface area contributed by atoms with Crippen LogP contribution >= 0.6 is 23.6 Å². The van der Waals surface area contributed by atoms with Crippen molar-refractivity contribution in [3.63, 3.8) is 0 Å². The number of benzene rings is 2. The zero-order valence-electron chi connectivity index (χ0n) is 18.9. The molecule has 0 aliphatic carbocycles. The van der Waals surface area contributed by atoms with Crippen LogP contribution in [0.1, 0.15) is 12.5 Å². The van der Waals surface area contributed by atoms with Crippen molar-refractivity contribution < 1.29 is 22.7 Å². The van der Waals surface area contributed by atoms with Gasteiger partial charge in [0.25, 0.3) is 0 Å². The number of sulfonamides is 1. The molecule has 0 atom stereocenters. The lowest BCUT2D eigenvalue weighted by Gasteiger charge is -2.26. The number of hydrogen-bond acceptors (Lipinski definition) is 8. The number of fused-ring (bicyclic) bond motifs is 1. The van der Waals surface area contributed by atoms with E-state index in [4.69, 9.17) is 21.7 Å². The molecule has 2 N–H and O–H groups in total. The largest absolute Gasteiger partial charge is 0.494 e. The Morgan fingerprint density at radius 3 is 2.69 bits per heavy atom. The molecule has 184 valence electrons. The van der Waals surface area contributed by atoms with E-state index in [2.05, 4.69) is 15.6 Å². The van der Waals surface area contributed by atoms with Gasteiger partial charge in [0.15, 0.2) is 10.2 Å². The number of thiazole rings is 1. The third kappa shape index (κ3) is 6.41. The molecule has 1 aliphatic rings. The topological polar surface area (TPSA) is 110 Å². The van der Waals surface area contributed by atoms with E-state index in [1.807, 2.05) is 25.1 Å². The number of ether oxygens (including phenoxy) is 2. The van der Waals surface area contributed by atoms with Crippen molar-refractivity contribution in [3.8, 4) is 5.75 Å². The first kappa shape index (κ1) is 25.2. The van der Waals surface area contributed by atoms with Gasteiger partial charge in [-0.05, 0) is 61.1 Å². The first-order valence-corrected chi connectivity index (χ1v) is 13.5. The number of aromatic nitrogens is 1. The molecule has 0 spiro atoms. The van der Waals surface area contributed by atoms with Crippen molar-refractivity contribution >= 4 is 66.0 Å². The molecular weight excluding hydrogens is 508 g/mol. The number of amides is 1. The van der Waals surface area contributed by atoms with Crippen LogP contribution in [0, 0.1) is 0 Å². The van der Waals surface area contributed by atoms with Gasteiger partial charge in [-0.1, -0.05) is 23.5 Å². The van der Waals surface area contributed by atoms with Crippen molar-refractivity contribution in [2.24, 2.45) is 0 Å². The average Bonchev–Trinajstić information content (AvgIpc) is 3.25. The number of nitrogens with zero attached hydrogens (tertiary/aromatic N) is 2. The first-order valence-electron chi connectivity index (χ1n) is 10.9. The minimum atomic E-state index is -3.56. The number of anilines is 1. The number of carbonyl (C=O) groups is 1. The van der Waals surface area contributed by atoms with Crippen molar-refractivity contribution in [1.29, 1.82) is 0 Å². The van der Waals surface area contributed by atoms with Crippen LogP contribution in [0.5, 0.6) is 5.75 Å². The zero-order chi connectivity index (χ0) is 24.8. The predicted octanol–water partition coefficient (Wildman–Crippen LogP) is 3.24. The maximum atomic E-state index is 12.7. The van der Waals surface area contributed by atoms with Crippen molar-refractivity contribution in [3.05, 3.63) is 54.1 Å². The molecule has 1 amide bonds. The molecular formula is C23H24N4O5S3. The summed E-state index contributed by atoms with van der Waals surface area (Å²) in [6.45, 7) is 3.95. The third-order valence-electron chi connectivity index (χ3n) is 5.04. The van der Waals surface area contributed by atoms with Crippen LogP contribution < -0.4 is 15.4 Å². The Hall–Kier alpha value is -2.90. The fourth-order valence-electron chi connectivity index (χ4n) is 3.36. The second kappa shape index (κ2) is 11.2. The summed E-state index contributed by atoms with van der Waals surface area (Å²) in [6, 6.07) is 12.0. The Morgan fingerprint density at radius 1 is 1.23 bits per heavy atom. The van der Waals surface area contributed by atoms with Crippen molar-refractivity contribution in [2.75, 3.05) is 38.2 Å². The van der Waals surface area contributed by atoms with E-state index in [1.54, 1.807) is 18.2 Å². The molecule has 0 radical (unpaired) electrons. The summed E-state index contributed by atoms with van der Waals surface area (Å²) >= 11 is 6.62. The summed E-state index contributed by atoms with van der Waals surface area (Å²) in [6.07, 6.45) is 2.90. The summed E-state index contributed by atoms with van der Waals surface area (Å²) in [5.74, 6) is 0.343. The quantitative estimate of drug-likeness (QED) is 0.353. The van der Waals surface area contributed by atoms with E-state index in [0.29, 0.717) is 43.6 Å². The van der Waals surface area contributed by atoms with Gasteiger partial charge in [-0.2, -0.15) is 4.31 Å². The second-order valence-corrected chi connectivity index (χ2v) is 10.8. The van der Waals surface area contributed by atoms with Gasteiger partial charge >= 0.3 is 0 Å². The van der Waals surface area contributed by atoms with E-state index >= 15 is 0 Å². The second-order valence-electron chi connectivity index (χ2n) is 7.44. The Labute approximate surface area is 212 Å². The zero-order valence-corrected chi connectivity index (χ0v) is 21.3. The van der Waals surface area contributed by atoms with Gasteiger partial charge in [0.2, 0.25) is 15.9 Å². The Kier molecular flexibility index (Phi) is 8.08. The van der Waals surface area contributed by atoms with Gasteiger partial charge in [0, 0.05) is 19.2 Å². The average molecular weight is 533 g/mol. The lowest BCUT2D eigenvalue weighted by Crippen LogP contribution is -2.40. The predicted molar refractivity (Wildman–Crippen MR) is 140 cm³/mol. The Bertz CT molecular complexity index is 1350. The maximum absolute atomic E-state index is 12.7. The fraction of sp³-hybridized carbons (Fsp3) is 0.261. The molecule has 12 heteroatoms. The van der Waals surface area contributed by atoms with Crippen LogP contribution in [0.15, 0.2) is 53.4 Å². The number of nitrogens with one attached hydrogen (secondary N) is 2. The van der Waals surface area contributed by atoms with Crippen molar-refractivity contribution in [1.82, 2.24) is 14.6 Å². The number of thiocarbonyl (C=S) groups is 1. The molecule has 0 unspecified atom stereocenters. The number of carbonyl (C=O) groups excluding carboxylic acids is 1. The van der Waals surface area contributed by atoms with Crippen LogP contribution in [-0.4, -0.2) is 61.6 Å². The van der Waals surface area contributed by atoms with Crippen molar-refractivity contribution in [2.45, 2.75) is 11.8 Å². The molecule has 4 rings (SSSR count). The number of morpholine rings is 1. The van der Waals surface area contributed by atoms with Gasteiger partial charge in [0.05, 0.1) is 34.9 Å². The smallest absolute Gasteiger partial charge is 0.250 e. The van der Waals surface area contributed by atoms with Crippen LogP contribution in [0.3, 0.4) is 0 Å². The summed E-state index contributed by atoms with van der Waals surface area (Å²) in [5.41, 5.74) is 1.48.